The first-order valence-corrected chi connectivity index (χ1v) is 14.4. The van der Waals surface area contributed by atoms with Crippen molar-refractivity contribution in [3.63, 3.8) is 0 Å². The van der Waals surface area contributed by atoms with Gasteiger partial charge >= 0.3 is 0 Å². The summed E-state index contributed by atoms with van der Waals surface area (Å²) in [5.41, 5.74) is 5.04. The molecule has 12 heteroatoms. The van der Waals surface area contributed by atoms with E-state index in [2.05, 4.69) is 30.6 Å². The zero-order chi connectivity index (χ0) is 29.8. The largest absolute Gasteiger partial charge is 0.394 e. The summed E-state index contributed by atoms with van der Waals surface area (Å²) < 4.78 is 5.42. The Morgan fingerprint density at radius 3 is 2.53 bits per heavy atom. The van der Waals surface area contributed by atoms with Gasteiger partial charge in [-0.05, 0) is 35.6 Å². The zero-order valence-corrected chi connectivity index (χ0v) is 24.0. The second kappa shape index (κ2) is 12.8. The molecule has 6 rings (SSSR count). The highest BCUT2D eigenvalue weighted by Gasteiger charge is 2.30. The van der Waals surface area contributed by atoms with Gasteiger partial charge in [0.2, 0.25) is 11.9 Å². The summed E-state index contributed by atoms with van der Waals surface area (Å²) in [6.07, 6.45) is 8.19. The third-order valence-corrected chi connectivity index (χ3v) is 7.90. The highest BCUT2D eigenvalue weighted by molar-refractivity contribution is 6.33. The fourth-order valence-electron chi connectivity index (χ4n) is 5.30. The average Bonchev–Trinajstić information content (AvgIpc) is 3.35. The molecule has 1 atom stereocenters. The lowest BCUT2D eigenvalue weighted by Crippen LogP contribution is -2.40. The van der Waals surface area contributed by atoms with E-state index in [1.165, 1.54) is 11.2 Å². The Morgan fingerprint density at radius 2 is 1.79 bits per heavy atom. The maximum atomic E-state index is 13.3. The molecule has 0 bridgehead atoms. The summed E-state index contributed by atoms with van der Waals surface area (Å²) in [6.45, 7) is 1.25. The van der Waals surface area contributed by atoms with Gasteiger partial charge in [-0.2, -0.15) is 0 Å². The Bertz CT molecular complexity index is 1610. The number of carbonyl (C=O) groups excluding carboxylic acids is 2. The number of aromatic nitrogens is 4. The minimum absolute atomic E-state index is 0.147. The summed E-state index contributed by atoms with van der Waals surface area (Å²) in [7, 11) is 0. The van der Waals surface area contributed by atoms with E-state index in [1.807, 2.05) is 36.4 Å². The summed E-state index contributed by atoms with van der Waals surface area (Å²) >= 11 is 6.46. The van der Waals surface area contributed by atoms with Crippen molar-refractivity contribution in [3.05, 3.63) is 89.1 Å². The highest BCUT2D eigenvalue weighted by atomic mass is 35.5. The predicted molar refractivity (Wildman–Crippen MR) is 160 cm³/mol. The van der Waals surface area contributed by atoms with Gasteiger partial charge in [0.25, 0.3) is 5.91 Å². The van der Waals surface area contributed by atoms with Gasteiger partial charge in [-0.15, -0.1) is 0 Å². The standard InChI is InChI=1S/C31H30ClN7O4/c32-26-14-35-31(36-24-7-9-43-10-8-24)38-29(26)21-5-6-22-15-39(30(42)25(22)11-21)16-28(41)37-27(17-40)20-3-1-19(2-4-20)23-12-33-18-34-13-23/h1-6,11-14,18,24,27,40H,7-10,15-17H2,(H,37,41)(H,35,36,38). The number of hydrogen-bond acceptors (Lipinski definition) is 9. The van der Waals surface area contributed by atoms with Crippen molar-refractivity contribution >= 4 is 29.4 Å². The summed E-state index contributed by atoms with van der Waals surface area (Å²) in [6, 6.07) is 12.5. The van der Waals surface area contributed by atoms with Gasteiger partial charge in [-0.1, -0.05) is 48.0 Å². The second-order valence-corrected chi connectivity index (χ2v) is 10.9. The van der Waals surface area contributed by atoms with Crippen LogP contribution in [0.2, 0.25) is 5.02 Å². The Morgan fingerprint density at radius 1 is 1.05 bits per heavy atom. The first-order valence-electron chi connectivity index (χ1n) is 14.0. The van der Waals surface area contributed by atoms with Crippen LogP contribution in [0.1, 0.15) is 40.4 Å². The highest BCUT2D eigenvalue weighted by Crippen LogP contribution is 2.32. The van der Waals surface area contributed by atoms with Crippen molar-refractivity contribution in [2.24, 2.45) is 0 Å². The van der Waals surface area contributed by atoms with Gasteiger partial charge in [-0.3, -0.25) is 9.59 Å². The van der Waals surface area contributed by atoms with Crippen LogP contribution in [0.5, 0.6) is 0 Å². The number of anilines is 1. The zero-order valence-electron chi connectivity index (χ0n) is 23.2. The van der Waals surface area contributed by atoms with E-state index in [0.29, 0.717) is 47.6 Å². The number of aliphatic hydroxyl groups excluding tert-OH is 1. The lowest BCUT2D eigenvalue weighted by molar-refractivity contribution is -0.122. The molecule has 11 nitrogen and oxygen atoms in total. The van der Waals surface area contributed by atoms with E-state index in [1.54, 1.807) is 24.7 Å². The van der Waals surface area contributed by atoms with Crippen LogP contribution in [-0.4, -0.2) is 74.2 Å². The minimum atomic E-state index is -0.621. The second-order valence-electron chi connectivity index (χ2n) is 10.5. The number of nitrogens with zero attached hydrogens (tertiary/aromatic N) is 5. The normalized spacial score (nSPS) is 15.7. The molecule has 1 fully saturated rings. The molecule has 1 saturated heterocycles. The van der Waals surface area contributed by atoms with E-state index in [0.717, 1.165) is 35.1 Å². The molecular weight excluding hydrogens is 570 g/mol. The third kappa shape index (κ3) is 6.48. The number of halogens is 1. The summed E-state index contributed by atoms with van der Waals surface area (Å²) in [5.74, 6) is -0.157. The minimum Gasteiger partial charge on any atom is -0.394 e. The number of amides is 2. The van der Waals surface area contributed by atoms with Crippen molar-refractivity contribution in [1.82, 2.24) is 30.2 Å². The molecule has 2 amide bonds. The fraction of sp³-hybridized carbons (Fsp3) is 0.290. The van der Waals surface area contributed by atoms with Crippen molar-refractivity contribution < 1.29 is 19.4 Å². The van der Waals surface area contributed by atoms with E-state index in [9.17, 15) is 14.7 Å². The van der Waals surface area contributed by atoms with Crippen molar-refractivity contribution in [1.29, 1.82) is 0 Å². The lowest BCUT2D eigenvalue weighted by atomic mass is 10.0. The number of ether oxygens (including phenoxy) is 1. The van der Waals surface area contributed by atoms with Crippen LogP contribution in [-0.2, 0) is 16.1 Å². The molecule has 2 aromatic heterocycles. The third-order valence-electron chi connectivity index (χ3n) is 7.62. The molecule has 4 aromatic rings. The van der Waals surface area contributed by atoms with E-state index in [4.69, 9.17) is 16.3 Å². The Kier molecular flexibility index (Phi) is 8.55. The summed E-state index contributed by atoms with van der Waals surface area (Å²) in [5, 5.41) is 16.6. The molecule has 0 spiro atoms. The van der Waals surface area contributed by atoms with Crippen LogP contribution in [0.15, 0.2) is 67.4 Å². The Balaban J connectivity index is 1.11. The maximum absolute atomic E-state index is 13.3. The fourth-order valence-corrected chi connectivity index (χ4v) is 5.50. The number of fused-ring (bicyclic) bond motifs is 1. The topological polar surface area (TPSA) is 142 Å². The maximum Gasteiger partial charge on any atom is 0.254 e. The average molecular weight is 600 g/mol. The number of benzene rings is 2. The molecule has 43 heavy (non-hydrogen) atoms. The molecule has 0 saturated carbocycles. The number of carbonyl (C=O) groups is 2. The molecule has 0 radical (unpaired) electrons. The first-order chi connectivity index (χ1) is 21.0. The van der Waals surface area contributed by atoms with Crippen LogP contribution in [0.25, 0.3) is 22.4 Å². The Labute approximate surface area is 253 Å². The van der Waals surface area contributed by atoms with Crippen LogP contribution in [0.3, 0.4) is 0 Å². The molecule has 220 valence electrons. The molecule has 4 heterocycles. The first kappa shape index (κ1) is 28.7. The Hall–Kier alpha value is -4.45. The van der Waals surface area contributed by atoms with Crippen molar-refractivity contribution in [2.75, 3.05) is 31.7 Å². The van der Waals surface area contributed by atoms with Crippen LogP contribution >= 0.6 is 11.6 Å². The molecule has 2 aromatic carbocycles. The number of aliphatic hydroxyl groups is 1. The molecule has 3 N–H and O–H groups in total. The monoisotopic (exact) mass is 599 g/mol. The van der Waals surface area contributed by atoms with E-state index >= 15 is 0 Å². The van der Waals surface area contributed by atoms with Gasteiger partial charge < -0.3 is 25.4 Å². The van der Waals surface area contributed by atoms with Gasteiger partial charge in [0, 0.05) is 54.9 Å². The van der Waals surface area contributed by atoms with Crippen LogP contribution in [0.4, 0.5) is 5.95 Å². The number of nitrogens with one attached hydrogen (secondary N) is 2. The number of hydrogen-bond donors (Lipinski definition) is 3. The van der Waals surface area contributed by atoms with Gasteiger partial charge in [0.1, 0.15) is 12.9 Å². The molecular formula is C31H30ClN7O4. The van der Waals surface area contributed by atoms with Crippen molar-refractivity contribution in [3.8, 4) is 22.4 Å². The molecule has 2 aliphatic rings. The van der Waals surface area contributed by atoms with Gasteiger partial charge in [0.05, 0.1) is 29.6 Å². The summed E-state index contributed by atoms with van der Waals surface area (Å²) in [4.78, 5) is 44.8. The van der Waals surface area contributed by atoms with Crippen LogP contribution < -0.4 is 10.6 Å². The quantitative estimate of drug-likeness (QED) is 0.263. The molecule has 1 unspecified atom stereocenters. The van der Waals surface area contributed by atoms with Gasteiger partial charge in [-0.25, -0.2) is 19.9 Å². The van der Waals surface area contributed by atoms with E-state index < -0.39 is 6.04 Å². The molecule has 2 aliphatic heterocycles. The van der Waals surface area contributed by atoms with Gasteiger partial charge in [0.15, 0.2) is 0 Å². The molecule has 0 aliphatic carbocycles. The predicted octanol–water partition coefficient (Wildman–Crippen LogP) is 3.65. The SMILES string of the molecule is O=C(CN1Cc2ccc(-c3nc(NC4CCOCC4)ncc3Cl)cc2C1=O)NC(CO)c1ccc(-c2cncnc2)cc1. The lowest BCUT2D eigenvalue weighted by Gasteiger charge is -2.23. The van der Waals surface area contributed by atoms with Crippen molar-refractivity contribution in [2.45, 2.75) is 31.5 Å². The number of rotatable bonds is 9. The van der Waals surface area contributed by atoms with Crippen LogP contribution in [0, 0.1) is 0 Å². The van der Waals surface area contributed by atoms with E-state index in [-0.39, 0.29) is 31.0 Å². The smallest absolute Gasteiger partial charge is 0.254 e.